The van der Waals surface area contributed by atoms with Crippen LogP contribution in [-0.2, 0) is 18.3 Å². The Bertz CT molecular complexity index is 2400. The molecule has 3 fully saturated rings. The Morgan fingerprint density at radius 2 is 1.19 bits per heavy atom. The minimum absolute atomic E-state index is 0.00481. The van der Waals surface area contributed by atoms with Crippen molar-refractivity contribution < 1.29 is 56.5 Å². The van der Waals surface area contributed by atoms with Crippen molar-refractivity contribution in [3.05, 3.63) is 47.5 Å². The quantitative estimate of drug-likeness (QED) is 0.0416. The number of carbonyl (C=O) groups excluding carboxylic acids is 4. The van der Waals surface area contributed by atoms with E-state index in [1.54, 1.807) is 71.5 Å². The fraction of sp³-hybridized carbons (Fsp3) is 0.690. The number of nitrogens with one attached hydrogen (secondary N) is 2. The van der Waals surface area contributed by atoms with E-state index >= 15 is 0 Å². The summed E-state index contributed by atoms with van der Waals surface area (Å²) < 4.78 is 48.9. The van der Waals surface area contributed by atoms with E-state index in [1.807, 2.05) is 4.90 Å². The van der Waals surface area contributed by atoms with Crippen LogP contribution in [0.3, 0.4) is 0 Å². The van der Waals surface area contributed by atoms with E-state index < -0.39 is 34.4 Å². The van der Waals surface area contributed by atoms with Crippen LogP contribution in [0, 0.1) is 0 Å². The number of hydrogen-bond acceptors (Lipinski definition) is 14. The molecule has 2 aromatic rings. The van der Waals surface area contributed by atoms with Crippen LogP contribution >= 0.6 is 21.6 Å². The first-order valence-corrected chi connectivity index (χ1v) is 36.1. The maximum Gasteiger partial charge on any atom is 0.412 e. The third kappa shape index (κ3) is 17.7. The molecule has 2 N–H and O–H groups in total. The van der Waals surface area contributed by atoms with Crippen LogP contribution in [-0.4, -0.2) is 139 Å². The van der Waals surface area contributed by atoms with Crippen LogP contribution in [0.1, 0.15) is 154 Å². The van der Waals surface area contributed by atoms with Crippen molar-refractivity contribution in [1.29, 1.82) is 0 Å². The maximum atomic E-state index is 14.7. The van der Waals surface area contributed by atoms with Crippen LogP contribution in [0.2, 0.25) is 36.3 Å². The summed E-state index contributed by atoms with van der Waals surface area (Å²) >= 11 is 0. The molecule has 16 nitrogen and oxygen atoms in total. The van der Waals surface area contributed by atoms with Gasteiger partial charge < -0.3 is 47.1 Å². The predicted molar refractivity (Wildman–Crippen MR) is 322 cm³/mol. The lowest BCUT2D eigenvalue weighted by Crippen LogP contribution is -2.46. The average Bonchev–Trinajstić information content (AvgIpc) is 4.12. The maximum absolute atomic E-state index is 14.7. The van der Waals surface area contributed by atoms with Crippen molar-refractivity contribution in [2.75, 3.05) is 76.7 Å². The van der Waals surface area contributed by atoms with Gasteiger partial charge in [0.2, 0.25) is 0 Å². The van der Waals surface area contributed by atoms with Crippen LogP contribution in [0.5, 0.6) is 23.0 Å². The fourth-order valence-corrected chi connectivity index (χ4v) is 13.8. The van der Waals surface area contributed by atoms with Crippen LogP contribution in [0.25, 0.3) is 0 Å². The van der Waals surface area contributed by atoms with Gasteiger partial charge in [0.15, 0.2) is 39.6 Å². The summed E-state index contributed by atoms with van der Waals surface area (Å²) in [5, 5.41) is 5.77. The lowest BCUT2D eigenvalue weighted by molar-refractivity contribution is 0.0634. The van der Waals surface area contributed by atoms with Crippen LogP contribution in [0.4, 0.5) is 21.0 Å². The number of rotatable bonds is 25. The van der Waals surface area contributed by atoms with E-state index in [9.17, 15) is 19.2 Å². The standard InChI is InChI=1S/C58H94N4O12S2Si2/c1-18-75-76-58(26-20-21-27-58)39-71-53(65)59-45-34-49(48(68-13)33-44(45)52(64)62-36-40(2)31-42(62)38-73-78(16,17)57(9,10)11)69-29-22-19-23-30-70-50-35-46(60-54(66)74-55(3,4)5)43(32-47(50)67-12)51(63)61-28-24-25-41(61)37-72-77(14,15)56(6,7)8/h32-35,41-42H,2,18-31,36-39H2,1,3-17H3,(H,59,65)(H,60,66)/t41-,42-/m0/s1. The Kier molecular flexibility index (Phi) is 22.9. The molecule has 3 aliphatic rings. The van der Waals surface area contributed by atoms with Crippen molar-refractivity contribution in [3.63, 3.8) is 0 Å². The van der Waals surface area contributed by atoms with Crippen molar-refractivity contribution in [3.8, 4) is 23.0 Å². The van der Waals surface area contributed by atoms with E-state index in [2.05, 4.69) is 91.9 Å². The van der Waals surface area contributed by atoms with E-state index in [4.69, 9.17) is 37.3 Å². The van der Waals surface area contributed by atoms with Gasteiger partial charge in [0.1, 0.15) is 12.2 Å². The normalized spacial score (nSPS) is 18.0. The number of methoxy groups -OCH3 is 2. The summed E-state index contributed by atoms with van der Waals surface area (Å²) in [5.41, 5.74) is 1.18. The smallest absolute Gasteiger partial charge is 0.412 e. The molecule has 78 heavy (non-hydrogen) atoms. The molecule has 1 saturated carbocycles. The van der Waals surface area contributed by atoms with Gasteiger partial charge >= 0.3 is 12.2 Å². The molecule has 2 aliphatic heterocycles. The number of hydrogen-bond donors (Lipinski definition) is 2. The first-order valence-electron chi connectivity index (χ1n) is 27.9. The predicted octanol–water partition coefficient (Wildman–Crippen LogP) is 14.4. The molecule has 438 valence electrons. The molecule has 0 bridgehead atoms. The van der Waals surface area contributed by atoms with Gasteiger partial charge in [-0.1, -0.05) is 95.0 Å². The number of nitrogens with zero attached hydrogens (tertiary/aromatic N) is 2. The number of amides is 4. The molecular formula is C58H94N4O12S2Si2. The summed E-state index contributed by atoms with van der Waals surface area (Å²) in [6.07, 6.45) is 7.01. The molecule has 0 aromatic heterocycles. The fourth-order valence-electron chi connectivity index (χ4n) is 9.07. The van der Waals surface area contributed by atoms with Crippen LogP contribution < -0.4 is 29.6 Å². The van der Waals surface area contributed by atoms with E-state index in [-0.39, 0.29) is 67.8 Å². The molecular weight excluding hydrogens is 1060 g/mol. The summed E-state index contributed by atoms with van der Waals surface area (Å²) in [6.45, 7) is 36.3. The van der Waals surface area contributed by atoms with Gasteiger partial charge in [-0.15, -0.1) is 0 Å². The molecule has 5 rings (SSSR count). The van der Waals surface area contributed by atoms with Gasteiger partial charge in [-0.2, -0.15) is 0 Å². The van der Waals surface area contributed by atoms with Gasteiger partial charge in [-0.25, -0.2) is 9.59 Å². The third-order valence-corrected chi connectivity index (χ3v) is 28.1. The highest BCUT2D eigenvalue weighted by Gasteiger charge is 2.42. The van der Waals surface area contributed by atoms with Gasteiger partial charge in [0.05, 0.1) is 80.0 Å². The number of likely N-dealkylation sites (tertiary alicyclic amines) is 2. The molecule has 0 unspecified atom stereocenters. The summed E-state index contributed by atoms with van der Waals surface area (Å²) in [6, 6.07) is 6.18. The summed E-state index contributed by atoms with van der Waals surface area (Å²) in [4.78, 5) is 59.8. The monoisotopic (exact) mass is 1160 g/mol. The number of anilines is 2. The van der Waals surface area contributed by atoms with Crippen molar-refractivity contribution in [1.82, 2.24) is 9.80 Å². The number of benzene rings is 2. The Hall–Kier alpha value is -4.09. The summed E-state index contributed by atoms with van der Waals surface area (Å²) in [5.74, 6) is 1.85. The van der Waals surface area contributed by atoms with E-state index in [1.165, 1.54) is 14.2 Å². The second kappa shape index (κ2) is 27.6. The highest BCUT2D eigenvalue weighted by Crippen LogP contribution is 2.48. The van der Waals surface area contributed by atoms with Gasteiger partial charge in [0.25, 0.3) is 11.8 Å². The minimum atomic E-state index is -2.13. The van der Waals surface area contributed by atoms with Gasteiger partial charge in [-0.05, 0) is 121 Å². The lowest BCUT2D eigenvalue weighted by atomic mass is 10.1. The number of unbranched alkanes of at least 4 members (excludes halogenated alkanes) is 2. The highest BCUT2D eigenvalue weighted by molar-refractivity contribution is 8.77. The lowest BCUT2D eigenvalue weighted by Gasteiger charge is -2.38. The first kappa shape index (κ1) is 64.7. The highest BCUT2D eigenvalue weighted by atomic mass is 33.1. The van der Waals surface area contributed by atoms with Crippen molar-refractivity contribution in [2.45, 2.75) is 192 Å². The molecule has 1 aliphatic carbocycles. The van der Waals surface area contributed by atoms with E-state index in [0.717, 1.165) is 49.9 Å². The molecule has 2 atom stereocenters. The van der Waals surface area contributed by atoms with E-state index in [0.29, 0.717) is 88.2 Å². The molecule has 20 heteroatoms. The first-order chi connectivity index (χ1) is 36.4. The Labute approximate surface area is 476 Å². The molecule has 2 aromatic carbocycles. The number of ether oxygens (including phenoxy) is 6. The second-order valence-electron chi connectivity index (χ2n) is 25.0. The van der Waals surface area contributed by atoms with Crippen molar-refractivity contribution in [2.24, 2.45) is 0 Å². The third-order valence-electron chi connectivity index (χ3n) is 15.7. The van der Waals surface area contributed by atoms with Crippen LogP contribution in [0.15, 0.2) is 36.4 Å². The molecule has 4 amide bonds. The Morgan fingerprint density at radius 3 is 1.68 bits per heavy atom. The Morgan fingerprint density at radius 1 is 0.692 bits per heavy atom. The van der Waals surface area contributed by atoms with Gasteiger partial charge in [-0.3, -0.25) is 20.2 Å². The Balaban J connectivity index is 1.29. The second-order valence-corrected chi connectivity index (χ2v) is 37.7. The molecule has 2 saturated heterocycles. The van der Waals surface area contributed by atoms with Crippen molar-refractivity contribution >= 4 is 73.6 Å². The summed E-state index contributed by atoms with van der Waals surface area (Å²) in [7, 11) is 2.43. The largest absolute Gasteiger partial charge is 0.493 e. The SMILES string of the molecule is C=C1C[C@@H](CO[Si](C)(C)C(C)(C)C)N(C(=O)c2cc(OC)c(OCCCCCOc3cc(NC(=O)OC(C)(C)C)c(C(=O)N4CCC[C@H]4CO[Si](C)(C)C(C)(C)C)cc3OC)cc2NC(=O)OCC2(SSCC)CCCC2)C1. The zero-order valence-corrected chi connectivity index (χ0v) is 53.6. The zero-order valence-electron chi connectivity index (χ0n) is 50.0. The molecule has 2 heterocycles. The zero-order chi connectivity index (χ0) is 57.9. The topological polar surface area (TPSA) is 173 Å². The molecule has 0 radical (unpaired) electrons. The minimum Gasteiger partial charge on any atom is -0.493 e. The van der Waals surface area contributed by atoms with Gasteiger partial charge in [0, 0.05) is 31.0 Å². The molecule has 0 spiro atoms. The average molecular weight is 1160 g/mol. The number of carbonyl (C=O) groups is 4.